The Morgan fingerprint density at radius 2 is 2.07 bits per heavy atom. The van der Waals surface area contributed by atoms with Crippen LogP contribution in [0.3, 0.4) is 0 Å². The number of carbonyl (C=O) groups excluding carboxylic acids is 1. The van der Waals surface area contributed by atoms with Gasteiger partial charge >= 0.3 is 0 Å². The molecule has 9 heteroatoms. The van der Waals surface area contributed by atoms with E-state index < -0.39 is 0 Å². The lowest BCUT2D eigenvalue weighted by Gasteiger charge is -2.35. The summed E-state index contributed by atoms with van der Waals surface area (Å²) >= 11 is 0. The highest BCUT2D eigenvalue weighted by Crippen LogP contribution is 2.13. The normalized spacial score (nSPS) is 16.7. The summed E-state index contributed by atoms with van der Waals surface area (Å²) in [6, 6.07) is 0.272. The fourth-order valence-corrected chi connectivity index (χ4v) is 3.47. The Hall–Kier alpha value is -2.26. The van der Waals surface area contributed by atoms with Crippen LogP contribution in [0, 0.1) is 5.92 Å². The smallest absolute Gasteiger partial charge is 0.264 e. The molecule has 1 atom stereocenters. The van der Waals surface area contributed by atoms with Crippen molar-refractivity contribution in [3.05, 3.63) is 22.9 Å². The van der Waals surface area contributed by atoms with Crippen molar-refractivity contribution in [1.29, 1.82) is 0 Å². The van der Waals surface area contributed by atoms with Crippen LogP contribution in [0.4, 0.5) is 0 Å². The van der Waals surface area contributed by atoms with Crippen LogP contribution in [0.2, 0.25) is 0 Å². The SMILES string of the molecule is CC(C)CC(CNC(=O)Cn1cnc2c(cnn2C)c1=O)N1CCOCC1. The lowest BCUT2D eigenvalue weighted by Crippen LogP contribution is -2.49. The van der Waals surface area contributed by atoms with Crippen molar-refractivity contribution in [3.8, 4) is 0 Å². The molecule has 148 valence electrons. The molecule has 2 aromatic rings. The molecule has 1 N–H and O–H groups in total. The van der Waals surface area contributed by atoms with Gasteiger partial charge in [0.05, 0.1) is 19.4 Å². The van der Waals surface area contributed by atoms with Gasteiger partial charge in [0.1, 0.15) is 18.3 Å². The Bertz CT molecular complexity index is 837. The first-order valence-electron chi connectivity index (χ1n) is 9.41. The lowest BCUT2D eigenvalue weighted by atomic mass is 10.0. The predicted octanol–water partition coefficient (Wildman–Crippen LogP) is -0.00690. The second-order valence-corrected chi connectivity index (χ2v) is 7.42. The number of nitrogens with zero attached hydrogens (tertiary/aromatic N) is 5. The average Bonchev–Trinajstić information content (AvgIpc) is 3.03. The highest BCUT2D eigenvalue weighted by molar-refractivity contribution is 5.77. The van der Waals surface area contributed by atoms with E-state index >= 15 is 0 Å². The molecule has 0 aromatic carbocycles. The number of nitrogens with one attached hydrogen (secondary N) is 1. The number of hydrogen-bond acceptors (Lipinski definition) is 6. The van der Waals surface area contributed by atoms with E-state index in [0.717, 1.165) is 32.7 Å². The van der Waals surface area contributed by atoms with Crippen LogP contribution in [-0.2, 0) is 23.1 Å². The summed E-state index contributed by atoms with van der Waals surface area (Å²) in [4.78, 5) is 31.5. The first kappa shape index (κ1) is 19.5. The molecule has 1 aliphatic rings. The third-order valence-corrected chi connectivity index (χ3v) is 4.87. The van der Waals surface area contributed by atoms with Crippen LogP contribution < -0.4 is 10.9 Å². The number of hydrogen-bond donors (Lipinski definition) is 1. The van der Waals surface area contributed by atoms with Gasteiger partial charge in [0, 0.05) is 32.7 Å². The molecular weight excluding hydrogens is 348 g/mol. The highest BCUT2D eigenvalue weighted by atomic mass is 16.5. The average molecular weight is 376 g/mol. The van der Waals surface area contributed by atoms with Gasteiger partial charge in [-0.1, -0.05) is 13.8 Å². The molecule has 9 nitrogen and oxygen atoms in total. The molecule has 3 rings (SSSR count). The summed E-state index contributed by atoms with van der Waals surface area (Å²) < 4.78 is 8.30. The molecule has 0 aliphatic carbocycles. The maximum atomic E-state index is 12.5. The van der Waals surface area contributed by atoms with Crippen molar-refractivity contribution >= 4 is 16.9 Å². The molecule has 27 heavy (non-hydrogen) atoms. The largest absolute Gasteiger partial charge is 0.379 e. The minimum Gasteiger partial charge on any atom is -0.379 e. The molecule has 0 saturated carbocycles. The van der Waals surface area contributed by atoms with Crippen LogP contribution >= 0.6 is 0 Å². The summed E-state index contributed by atoms with van der Waals surface area (Å²) in [6.07, 6.45) is 3.89. The summed E-state index contributed by atoms with van der Waals surface area (Å²) in [5.74, 6) is 0.346. The van der Waals surface area contributed by atoms with Crippen LogP contribution in [0.1, 0.15) is 20.3 Å². The molecule has 1 unspecified atom stereocenters. The van der Waals surface area contributed by atoms with E-state index in [1.165, 1.54) is 17.1 Å². The second kappa shape index (κ2) is 8.62. The molecular formula is C18H28N6O3. The monoisotopic (exact) mass is 376 g/mol. The van der Waals surface area contributed by atoms with Crippen molar-refractivity contribution in [1.82, 2.24) is 29.5 Å². The van der Waals surface area contributed by atoms with Crippen molar-refractivity contribution in [2.75, 3.05) is 32.8 Å². The van der Waals surface area contributed by atoms with Crippen LogP contribution in [0.15, 0.2) is 17.3 Å². The minimum absolute atomic E-state index is 0.0474. The molecule has 3 heterocycles. The molecule has 1 fully saturated rings. The molecule has 1 saturated heterocycles. The number of fused-ring (bicyclic) bond motifs is 1. The number of amides is 1. The Labute approximate surface area is 158 Å². The van der Waals surface area contributed by atoms with E-state index in [2.05, 4.69) is 34.1 Å². The molecule has 1 aliphatic heterocycles. The predicted molar refractivity (Wildman–Crippen MR) is 101 cm³/mol. The van der Waals surface area contributed by atoms with Crippen molar-refractivity contribution in [2.24, 2.45) is 13.0 Å². The quantitative estimate of drug-likeness (QED) is 0.731. The zero-order valence-corrected chi connectivity index (χ0v) is 16.2. The van der Waals surface area contributed by atoms with Crippen LogP contribution in [0.5, 0.6) is 0 Å². The van der Waals surface area contributed by atoms with E-state index in [9.17, 15) is 9.59 Å². The van der Waals surface area contributed by atoms with Crippen LogP contribution in [-0.4, -0.2) is 69.0 Å². The number of rotatable bonds is 7. The number of aromatic nitrogens is 4. The Morgan fingerprint density at radius 1 is 1.33 bits per heavy atom. The number of carbonyl (C=O) groups is 1. The van der Waals surface area contributed by atoms with Gasteiger partial charge in [0.25, 0.3) is 5.56 Å². The van der Waals surface area contributed by atoms with Gasteiger partial charge in [-0.25, -0.2) is 4.98 Å². The number of aryl methyl sites for hydroxylation is 1. The third-order valence-electron chi connectivity index (χ3n) is 4.87. The topological polar surface area (TPSA) is 94.3 Å². The van der Waals surface area contributed by atoms with Gasteiger partial charge in [-0.2, -0.15) is 5.10 Å². The maximum absolute atomic E-state index is 12.5. The van der Waals surface area contributed by atoms with E-state index in [1.807, 2.05) is 0 Å². The van der Waals surface area contributed by atoms with Gasteiger partial charge in [-0.3, -0.25) is 23.7 Å². The van der Waals surface area contributed by atoms with Crippen molar-refractivity contribution < 1.29 is 9.53 Å². The van der Waals surface area contributed by atoms with E-state index in [4.69, 9.17) is 4.74 Å². The first-order chi connectivity index (χ1) is 13.0. The first-order valence-corrected chi connectivity index (χ1v) is 9.41. The summed E-state index contributed by atoms with van der Waals surface area (Å²) in [5.41, 5.74) is 0.260. The minimum atomic E-state index is -0.254. The van der Waals surface area contributed by atoms with Gasteiger partial charge in [-0.15, -0.1) is 0 Å². The maximum Gasteiger partial charge on any atom is 0.264 e. The van der Waals surface area contributed by atoms with Crippen molar-refractivity contribution in [3.63, 3.8) is 0 Å². The molecule has 1 amide bonds. The lowest BCUT2D eigenvalue weighted by molar-refractivity contribution is -0.122. The third kappa shape index (κ3) is 4.72. The number of morpholine rings is 1. The fourth-order valence-electron chi connectivity index (χ4n) is 3.47. The molecule has 2 aromatic heterocycles. The van der Waals surface area contributed by atoms with E-state index in [1.54, 1.807) is 11.7 Å². The Morgan fingerprint density at radius 3 is 2.78 bits per heavy atom. The van der Waals surface area contributed by atoms with Crippen molar-refractivity contribution in [2.45, 2.75) is 32.9 Å². The zero-order chi connectivity index (χ0) is 19.4. The van der Waals surface area contributed by atoms with E-state index in [-0.39, 0.29) is 24.1 Å². The Balaban J connectivity index is 1.62. The standard InChI is InChI=1S/C18H28N6O3/c1-13(2)8-14(23-4-6-27-7-5-23)9-19-16(25)11-24-12-20-17-15(18(24)26)10-21-22(17)3/h10,12-14H,4-9,11H2,1-3H3,(H,19,25). The zero-order valence-electron chi connectivity index (χ0n) is 16.2. The van der Waals surface area contributed by atoms with Gasteiger partial charge in [0.15, 0.2) is 5.65 Å². The molecule has 0 radical (unpaired) electrons. The second-order valence-electron chi connectivity index (χ2n) is 7.42. The highest BCUT2D eigenvalue weighted by Gasteiger charge is 2.22. The van der Waals surface area contributed by atoms with E-state index in [0.29, 0.717) is 23.5 Å². The summed E-state index contributed by atoms with van der Waals surface area (Å²) in [6.45, 7) is 8.11. The molecule has 0 bridgehead atoms. The summed E-state index contributed by atoms with van der Waals surface area (Å²) in [7, 11) is 1.73. The molecule has 0 spiro atoms. The van der Waals surface area contributed by atoms with Gasteiger partial charge in [0.2, 0.25) is 5.91 Å². The van der Waals surface area contributed by atoms with Gasteiger partial charge in [-0.05, 0) is 12.3 Å². The van der Waals surface area contributed by atoms with Gasteiger partial charge < -0.3 is 10.1 Å². The van der Waals surface area contributed by atoms with Crippen LogP contribution in [0.25, 0.3) is 11.0 Å². The Kier molecular flexibility index (Phi) is 6.22. The number of ether oxygens (including phenoxy) is 1. The summed E-state index contributed by atoms with van der Waals surface area (Å²) in [5, 5.41) is 7.44. The fraction of sp³-hybridized carbons (Fsp3) is 0.667.